The minimum atomic E-state index is -1.36. The van der Waals surface area contributed by atoms with Gasteiger partial charge in [0.05, 0.1) is 19.9 Å². The van der Waals surface area contributed by atoms with E-state index in [4.69, 9.17) is 4.74 Å². The summed E-state index contributed by atoms with van der Waals surface area (Å²) in [6.45, 7) is 11.5. The number of ketones is 1. The van der Waals surface area contributed by atoms with Gasteiger partial charge in [-0.25, -0.2) is 0 Å². The van der Waals surface area contributed by atoms with E-state index < -0.39 is 8.07 Å². The van der Waals surface area contributed by atoms with E-state index in [0.717, 1.165) is 12.2 Å². The maximum absolute atomic E-state index is 11.6. The van der Waals surface area contributed by atoms with Crippen LogP contribution in [0.3, 0.4) is 0 Å². The molecular weight excluding hydrogens is 192 g/mol. The molecule has 0 aromatic rings. The standard InChI is InChI=1S/C11H20O2Si/c1-9(2)6-10(12)7-11(8-13-11)14(3,4)5/h6H,7-8H2,1-5H3. The molecule has 0 spiro atoms. The van der Waals surface area contributed by atoms with Crippen LogP contribution in [0.25, 0.3) is 0 Å². The van der Waals surface area contributed by atoms with Gasteiger partial charge >= 0.3 is 0 Å². The molecule has 1 rings (SSSR count). The highest BCUT2D eigenvalue weighted by Crippen LogP contribution is 2.40. The minimum Gasteiger partial charge on any atom is -0.373 e. The van der Waals surface area contributed by atoms with Crippen molar-refractivity contribution in [3.8, 4) is 0 Å². The summed E-state index contributed by atoms with van der Waals surface area (Å²) in [7, 11) is -1.36. The first-order valence-electron chi connectivity index (χ1n) is 5.08. The van der Waals surface area contributed by atoms with Crippen molar-refractivity contribution in [2.75, 3.05) is 6.61 Å². The normalized spacial score (nSPS) is 25.8. The summed E-state index contributed by atoms with van der Waals surface area (Å²) in [4.78, 5) is 11.6. The second kappa shape index (κ2) is 3.63. The lowest BCUT2D eigenvalue weighted by molar-refractivity contribution is -0.115. The zero-order valence-electron chi connectivity index (χ0n) is 9.81. The Morgan fingerprint density at radius 2 is 1.93 bits per heavy atom. The fourth-order valence-electron chi connectivity index (χ4n) is 1.54. The van der Waals surface area contributed by atoms with Crippen molar-refractivity contribution >= 4 is 13.9 Å². The van der Waals surface area contributed by atoms with Crippen LogP contribution in [0.4, 0.5) is 0 Å². The maximum Gasteiger partial charge on any atom is 0.158 e. The Hall–Kier alpha value is -0.413. The molecule has 14 heavy (non-hydrogen) atoms. The van der Waals surface area contributed by atoms with Crippen LogP contribution in [0.5, 0.6) is 0 Å². The van der Waals surface area contributed by atoms with Crippen molar-refractivity contribution in [3.05, 3.63) is 11.6 Å². The summed E-state index contributed by atoms with van der Waals surface area (Å²) in [5.74, 6) is 0.213. The largest absolute Gasteiger partial charge is 0.373 e. The van der Waals surface area contributed by atoms with Crippen molar-refractivity contribution in [2.45, 2.75) is 45.1 Å². The van der Waals surface area contributed by atoms with E-state index in [0.29, 0.717) is 6.42 Å². The molecule has 1 heterocycles. The van der Waals surface area contributed by atoms with E-state index in [9.17, 15) is 4.79 Å². The molecule has 0 aromatic heterocycles. The number of epoxide rings is 1. The maximum atomic E-state index is 11.6. The predicted molar refractivity (Wildman–Crippen MR) is 61.1 cm³/mol. The smallest absolute Gasteiger partial charge is 0.158 e. The third kappa shape index (κ3) is 2.55. The van der Waals surface area contributed by atoms with Crippen LogP contribution < -0.4 is 0 Å². The summed E-state index contributed by atoms with van der Waals surface area (Å²) < 4.78 is 5.52. The molecule has 0 radical (unpaired) electrons. The van der Waals surface area contributed by atoms with E-state index in [1.807, 2.05) is 13.8 Å². The molecule has 0 amide bonds. The third-order valence-corrected chi connectivity index (χ3v) is 5.97. The van der Waals surface area contributed by atoms with Gasteiger partial charge in [0.1, 0.15) is 0 Å². The van der Waals surface area contributed by atoms with Crippen molar-refractivity contribution in [3.63, 3.8) is 0 Å². The second-order valence-corrected chi connectivity index (χ2v) is 10.8. The van der Waals surface area contributed by atoms with Crippen molar-refractivity contribution in [2.24, 2.45) is 0 Å². The summed E-state index contributed by atoms with van der Waals surface area (Å²) in [6.07, 6.45) is 2.30. The number of hydrogen-bond acceptors (Lipinski definition) is 2. The van der Waals surface area contributed by atoms with Crippen LogP contribution in [0.2, 0.25) is 19.6 Å². The molecule has 1 unspecified atom stereocenters. The third-order valence-electron chi connectivity index (χ3n) is 2.77. The van der Waals surface area contributed by atoms with Crippen molar-refractivity contribution < 1.29 is 9.53 Å². The highest BCUT2D eigenvalue weighted by Gasteiger charge is 2.55. The zero-order chi connectivity index (χ0) is 11.0. The van der Waals surface area contributed by atoms with Gasteiger partial charge in [-0.2, -0.15) is 0 Å². The quantitative estimate of drug-likeness (QED) is 0.407. The lowest BCUT2D eigenvalue weighted by Gasteiger charge is -2.24. The van der Waals surface area contributed by atoms with Crippen LogP contribution in [0.1, 0.15) is 20.3 Å². The van der Waals surface area contributed by atoms with Gasteiger partial charge in [-0.05, 0) is 19.9 Å². The molecule has 1 aliphatic rings. The van der Waals surface area contributed by atoms with Gasteiger partial charge in [0, 0.05) is 6.42 Å². The van der Waals surface area contributed by atoms with Gasteiger partial charge in [0.25, 0.3) is 0 Å². The Morgan fingerprint density at radius 1 is 1.43 bits per heavy atom. The van der Waals surface area contributed by atoms with Crippen LogP contribution in [-0.4, -0.2) is 25.7 Å². The molecule has 0 saturated carbocycles. The highest BCUT2D eigenvalue weighted by molar-refractivity contribution is 6.80. The molecule has 0 aromatic carbocycles. The van der Waals surface area contributed by atoms with E-state index >= 15 is 0 Å². The summed E-state index contributed by atoms with van der Waals surface area (Å²) >= 11 is 0. The summed E-state index contributed by atoms with van der Waals surface area (Å²) in [5.41, 5.74) is 1.07. The van der Waals surface area contributed by atoms with E-state index in [1.165, 1.54) is 0 Å². The monoisotopic (exact) mass is 212 g/mol. The number of ether oxygens (including phenoxy) is 1. The predicted octanol–water partition coefficient (Wildman–Crippen LogP) is 2.56. The average Bonchev–Trinajstić information content (AvgIpc) is 2.64. The fourth-order valence-corrected chi connectivity index (χ4v) is 3.18. The SMILES string of the molecule is CC(C)=CC(=O)CC1([Si](C)(C)C)CO1. The molecule has 0 aliphatic carbocycles. The molecule has 3 heteroatoms. The lowest BCUT2D eigenvalue weighted by Crippen LogP contribution is -2.43. The highest BCUT2D eigenvalue weighted by atomic mass is 28.3. The van der Waals surface area contributed by atoms with Crippen LogP contribution in [0.15, 0.2) is 11.6 Å². The molecule has 0 bridgehead atoms. The van der Waals surface area contributed by atoms with Crippen LogP contribution in [-0.2, 0) is 9.53 Å². The van der Waals surface area contributed by atoms with E-state index in [-0.39, 0.29) is 11.0 Å². The number of carbonyl (C=O) groups excluding carboxylic acids is 1. The van der Waals surface area contributed by atoms with Gasteiger partial charge in [-0.3, -0.25) is 4.79 Å². The average molecular weight is 212 g/mol. The van der Waals surface area contributed by atoms with Crippen LogP contribution >= 0.6 is 0 Å². The molecule has 1 fully saturated rings. The lowest BCUT2D eigenvalue weighted by atomic mass is 10.2. The Balaban J connectivity index is 2.62. The van der Waals surface area contributed by atoms with Gasteiger partial charge in [0.2, 0.25) is 0 Å². The van der Waals surface area contributed by atoms with Crippen LogP contribution in [0, 0.1) is 0 Å². The minimum absolute atomic E-state index is 0.0595. The molecule has 80 valence electrons. The molecular formula is C11H20O2Si. The van der Waals surface area contributed by atoms with Gasteiger partial charge in [-0.15, -0.1) is 0 Å². The summed E-state index contributed by atoms with van der Waals surface area (Å²) in [5, 5.41) is -0.0595. The van der Waals surface area contributed by atoms with Gasteiger partial charge in [-0.1, -0.05) is 25.2 Å². The number of hydrogen-bond donors (Lipinski definition) is 0. The Labute approximate surface area is 87.3 Å². The van der Waals surface area contributed by atoms with E-state index in [1.54, 1.807) is 6.08 Å². The molecule has 2 nitrogen and oxygen atoms in total. The molecule has 1 saturated heterocycles. The number of allylic oxidation sites excluding steroid dienone is 2. The topological polar surface area (TPSA) is 29.6 Å². The Morgan fingerprint density at radius 3 is 2.21 bits per heavy atom. The first-order valence-corrected chi connectivity index (χ1v) is 8.58. The summed E-state index contributed by atoms with van der Waals surface area (Å²) in [6, 6.07) is 0. The first-order chi connectivity index (χ1) is 6.27. The Kier molecular flexibility index (Phi) is 3.02. The molecule has 0 N–H and O–H groups in total. The second-order valence-electron chi connectivity index (χ2n) is 5.40. The van der Waals surface area contributed by atoms with Gasteiger partial charge in [0.15, 0.2) is 5.78 Å². The zero-order valence-corrected chi connectivity index (χ0v) is 10.8. The Bertz CT molecular complexity index is 266. The first kappa shape index (κ1) is 11.7. The van der Waals surface area contributed by atoms with E-state index in [2.05, 4.69) is 19.6 Å². The van der Waals surface area contributed by atoms with Crippen molar-refractivity contribution in [1.82, 2.24) is 0 Å². The number of carbonyl (C=O) groups is 1. The van der Waals surface area contributed by atoms with Gasteiger partial charge < -0.3 is 4.74 Å². The fraction of sp³-hybridized carbons (Fsp3) is 0.727. The molecule has 1 aliphatic heterocycles. The van der Waals surface area contributed by atoms with Crippen molar-refractivity contribution in [1.29, 1.82) is 0 Å². The molecule has 1 atom stereocenters. The number of rotatable bonds is 4.